The van der Waals surface area contributed by atoms with E-state index in [0.717, 1.165) is 71.0 Å². The third kappa shape index (κ3) is 4.81. The van der Waals surface area contributed by atoms with Crippen LogP contribution in [0.25, 0.3) is 27.5 Å². The number of carbonyl (C=O) groups is 1. The first kappa shape index (κ1) is 25.6. The van der Waals surface area contributed by atoms with E-state index in [1.165, 1.54) is 6.20 Å². The molecule has 3 aliphatic rings. The lowest BCUT2D eigenvalue weighted by Gasteiger charge is -2.35. The van der Waals surface area contributed by atoms with Crippen molar-refractivity contribution in [2.45, 2.75) is 63.5 Å². The summed E-state index contributed by atoms with van der Waals surface area (Å²) in [4.78, 5) is 17.2. The molecule has 0 radical (unpaired) electrons. The van der Waals surface area contributed by atoms with E-state index in [0.29, 0.717) is 35.1 Å². The minimum absolute atomic E-state index is 0.244. The Morgan fingerprint density at radius 3 is 2.63 bits per heavy atom. The van der Waals surface area contributed by atoms with Gasteiger partial charge in [-0.15, -0.1) is 10.2 Å². The van der Waals surface area contributed by atoms with Gasteiger partial charge in [0.05, 0.1) is 40.3 Å². The number of pyridine rings is 1. The van der Waals surface area contributed by atoms with Crippen LogP contribution in [0.2, 0.25) is 0 Å². The lowest BCUT2D eigenvalue weighted by molar-refractivity contribution is -0.123. The number of anilines is 1. The molecule has 1 amide bonds. The molecule has 3 fully saturated rings. The highest BCUT2D eigenvalue weighted by molar-refractivity contribution is 7.14. The topological polar surface area (TPSA) is 145 Å². The molecule has 3 aliphatic carbocycles. The average molecular weight is 564 g/mol. The molecule has 2 N–H and O–H groups in total. The van der Waals surface area contributed by atoms with Crippen molar-refractivity contribution in [1.82, 2.24) is 30.1 Å². The molecule has 7 rings (SSSR count). The molecule has 0 aromatic carbocycles. The Morgan fingerprint density at radius 1 is 1.10 bits per heavy atom. The molecule has 2 bridgehead atoms. The number of nitriles is 2. The maximum atomic E-state index is 12.4. The highest BCUT2D eigenvalue weighted by Gasteiger charge is 2.45. The average Bonchev–Trinajstić information content (AvgIpc) is 3.51. The number of hydrogen-bond acceptors (Lipinski definition) is 9. The van der Waals surface area contributed by atoms with Gasteiger partial charge in [0.25, 0.3) is 0 Å². The van der Waals surface area contributed by atoms with Crippen LogP contribution in [0.5, 0.6) is 0 Å². The van der Waals surface area contributed by atoms with Crippen LogP contribution in [0, 0.1) is 40.4 Å². The van der Waals surface area contributed by atoms with Crippen LogP contribution in [-0.2, 0) is 4.79 Å². The predicted octanol–water partition coefficient (Wildman–Crippen LogP) is 4.91. The second-order valence-corrected chi connectivity index (χ2v) is 12.6. The quantitative estimate of drug-likeness (QED) is 0.323. The van der Waals surface area contributed by atoms with Crippen molar-refractivity contribution in [3.05, 3.63) is 47.2 Å². The van der Waals surface area contributed by atoms with E-state index in [-0.39, 0.29) is 11.8 Å². The third-order valence-electron chi connectivity index (χ3n) is 8.74. The van der Waals surface area contributed by atoms with Crippen molar-refractivity contribution in [3.63, 3.8) is 0 Å². The molecule has 1 unspecified atom stereocenters. The van der Waals surface area contributed by atoms with E-state index < -0.39 is 6.04 Å². The molecule has 0 saturated heterocycles. The second-order valence-electron chi connectivity index (χ2n) is 11.5. The fourth-order valence-corrected chi connectivity index (χ4v) is 7.50. The van der Waals surface area contributed by atoms with Gasteiger partial charge in [0.1, 0.15) is 17.1 Å². The Labute approximate surface area is 241 Å². The SMILES string of the molecule is C[C@H](C#N)Nc1cc(-c2ccc3cc(C#N)cnn23)ncc1-c1nnc(C2C[C@H]3CC[C@@H](C2)[C@@H]3NC(=O)C2CC2)s1. The van der Waals surface area contributed by atoms with Crippen LogP contribution in [0.15, 0.2) is 36.7 Å². The summed E-state index contributed by atoms with van der Waals surface area (Å²) < 4.78 is 1.75. The summed E-state index contributed by atoms with van der Waals surface area (Å²) in [6, 6.07) is 11.8. The van der Waals surface area contributed by atoms with E-state index in [9.17, 15) is 15.3 Å². The van der Waals surface area contributed by atoms with Gasteiger partial charge in [0.15, 0.2) is 5.01 Å². The van der Waals surface area contributed by atoms with Crippen molar-refractivity contribution in [2.75, 3.05) is 5.32 Å². The van der Waals surface area contributed by atoms with E-state index in [1.807, 2.05) is 25.1 Å². The van der Waals surface area contributed by atoms with Crippen molar-refractivity contribution < 1.29 is 4.79 Å². The fourth-order valence-electron chi connectivity index (χ4n) is 6.51. The van der Waals surface area contributed by atoms with Gasteiger partial charge in [0.2, 0.25) is 5.91 Å². The number of amides is 1. The standard InChI is InChI=1S/C30H29N9OS/c1-16(12-31)35-24-11-25(26-7-6-22-8-17(13-32)14-34-39(22)26)33-15-23(24)30-38-37-29(41-30)21-9-19-4-5-20(10-21)27(19)36-28(40)18-2-3-18/h6-8,11,14-16,18-21,27H,2-5,9-10H2,1H3,(H,33,35)(H,36,40)/t16-,19-,20+,21?,27-/m1/s1. The molecular weight excluding hydrogens is 534 g/mol. The summed E-state index contributed by atoms with van der Waals surface area (Å²) in [5, 5.41) is 40.8. The molecule has 4 aromatic rings. The van der Waals surface area contributed by atoms with Gasteiger partial charge in [-0.25, -0.2) is 4.52 Å². The minimum atomic E-state index is -0.423. The number of carbonyl (C=O) groups excluding carboxylic acids is 1. The fraction of sp³-hybridized carbons (Fsp3) is 0.433. The van der Waals surface area contributed by atoms with E-state index in [2.05, 4.69) is 38.1 Å². The molecule has 4 heterocycles. The third-order valence-corrected chi connectivity index (χ3v) is 9.86. The van der Waals surface area contributed by atoms with Crippen LogP contribution < -0.4 is 10.6 Å². The monoisotopic (exact) mass is 563 g/mol. The molecule has 4 aromatic heterocycles. The van der Waals surface area contributed by atoms with Crippen molar-refractivity contribution in [1.29, 1.82) is 10.5 Å². The summed E-state index contributed by atoms with van der Waals surface area (Å²) in [5.74, 6) is 1.83. The zero-order chi connectivity index (χ0) is 28.1. The van der Waals surface area contributed by atoms with E-state index >= 15 is 0 Å². The highest BCUT2D eigenvalue weighted by Crippen LogP contribution is 2.50. The van der Waals surface area contributed by atoms with Crippen LogP contribution in [0.4, 0.5) is 5.69 Å². The smallest absolute Gasteiger partial charge is 0.223 e. The lowest BCUT2D eigenvalue weighted by Crippen LogP contribution is -2.45. The Hall–Kier alpha value is -4.35. The molecule has 206 valence electrons. The minimum Gasteiger partial charge on any atom is -0.369 e. The molecule has 10 nitrogen and oxygen atoms in total. The van der Waals surface area contributed by atoms with Crippen molar-refractivity contribution in [3.8, 4) is 34.1 Å². The summed E-state index contributed by atoms with van der Waals surface area (Å²) in [7, 11) is 0. The first-order valence-electron chi connectivity index (χ1n) is 14.2. The maximum Gasteiger partial charge on any atom is 0.223 e. The number of nitrogens with one attached hydrogen (secondary N) is 2. The Kier molecular flexibility index (Phi) is 6.40. The van der Waals surface area contributed by atoms with Gasteiger partial charge in [-0.1, -0.05) is 11.3 Å². The number of aromatic nitrogens is 5. The maximum absolute atomic E-state index is 12.4. The summed E-state index contributed by atoms with van der Waals surface area (Å²) in [5.41, 5.74) is 4.31. The summed E-state index contributed by atoms with van der Waals surface area (Å²) in [6.45, 7) is 1.81. The zero-order valence-corrected chi connectivity index (χ0v) is 23.4. The Bertz CT molecular complexity index is 1710. The van der Waals surface area contributed by atoms with Gasteiger partial charge in [-0.2, -0.15) is 15.6 Å². The summed E-state index contributed by atoms with van der Waals surface area (Å²) >= 11 is 1.59. The number of rotatable bonds is 7. The largest absolute Gasteiger partial charge is 0.369 e. The number of nitrogens with zero attached hydrogens (tertiary/aromatic N) is 7. The molecule has 5 atom stereocenters. The molecule has 0 spiro atoms. The zero-order valence-electron chi connectivity index (χ0n) is 22.6. The first-order chi connectivity index (χ1) is 20.0. The normalized spacial score (nSPS) is 24.0. The number of fused-ring (bicyclic) bond motifs is 3. The number of hydrogen-bond donors (Lipinski definition) is 2. The van der Waals surface area contributed by atoms with Crippen LogP contribution in [0.1, 0.15) is 61.9 Å². The molecule has 41 heavy (non-hydrogen) atoms. The van der Waals surface area contributed by atoms with Crippen molar-refractivity contribution >= 4 is 28.4 Å². The van der Waals surface area contributed by atoms with Gasteiger partial charge in [0, 0.05) is 29.8 Å². The lowest BCUT2D eigenvalue weighted by atomic mass is 9.77. The summed E-state index contributed by atoms with van der Waals surface area (Å²) in [6.07, 6.45) is 9.75. The van der Waals surface area contributed by atoms with Crippen LogP contribution in [-0.4, -0.2) is 42.8 Å². The van der Waals surface area contributed by atoms with E-state index in [1.54, 1.807) is 28.1 Å². The van der Waals surface area contributed by atoms with E-state index in [4.69, 9.17) is 4.98 Å². The molecule has 3 saturated carbocycles. The van der Waals surface area contributed by atoms with Crippen LogP contribution in [0.3, 0.4) is 0 Å². The Morgan fingerprint density at radius 2 is 1.90 bits per heavy atom. The molecule has 11 heteroatoms. The van der Waals surface area contributed by atoms with Crippen molar-refractivity contribution in [2.24, 2.45) is 17.8 Å². The Balaban J connectivity index is 1.15. The van der Waals surface area contributed by atoms with Gasteiger partial charge in [-0.3, -0.25) is 9.78 Å². The van der Waals surface area contributed by atoms with Crippen LogP contribution >= 0.6 is 11.3 Å². The van der Waals surface area contributed by atoms with Gasteiger partial charge in [-0.05, 0) is 81.5 Å². The highest BCUT2D eigenvalue weighted by atomic mass is 32.1. The van der Waals surface area contributed by atoms with Gasteiger partial charge < -0.3 is 10.6 Å². The molecule has 0 aliphatic heterocycles. The second kappa shape index (κ2) is 10.2. The first-order valence-corrected chi connectivity index (χ1v) is 15.0. The molecular formula is C30H29N9OS. The predicted molar refractivity (Wildman–Crippen MR) is 154 cm³/mol. The van der Waals surface area contributed by atoms with Gasteiger partial charge >= 0.3 is 0 Å².